The van der Waals surface area contributed by atoms with Gasteiger partial charge in [0.25, 0.3) is 0 Å². The van der Waals surface area contributed by atoms with Crippen LogP contribution in [0.15, 0.2) is 12.2 Å². The summed E-state index contributed by atoms with van der Waals surface area (Å²) in [5.74, 6) is 0. The molecule has 1 rings (SSSR count). The molecule has 0 spiro atoms. The van der Waals surface area contributed by atoms with Crippen molar-refractivity contribution < 1.29 is 4.74 Å². The highest BCUT2D eigenvalue weighted by molar-refractivity contribution is 4.96. The van der Waals surface area contributed by atoms with Gasteiger partial charge < -0.3 is 10.1 Å². The fourth-order valence-corrected chi connectivity index (χ4v) is 1.40. The van der Waals surface area contributed by atoms with Crippen molar-refractivity contribution in [2.24, 2.45) is 5.41 Å². The van der Waals surface area contributed by atoms with Gasteiger partial charge >= 0.3 is 0 Å². The SMILES string of the molecule is C=C(C)CNC1COCC1(C)C. The number of ether oxygens (including phenoxy) is 1. The van der Waals surface area contributed by atoms with Crippen LogP contribution in [0.25, 0.3) is 0 Å². The number of rotatable bonds is 3. The Balaban J connectivity index is 2.36. The van der Waals surface area contributed by atoms with Crippen molar-refractivity contribution in [3.8, 4) is 0 Å². The van der Waals surface area contributed by atoms with Crippen LogP contribution in [-0.4, -0.2) is 25.8 Å². The Kier molecular flexibility index (Phi) is 2.91. The highest BCUT2D eigenvalue weighted by Crippen LogP contribution is 2.27. The van der Waals surface area contributed by atoms with Crippen LogP contribution in [0.2, 0.25) is 0 Å². The Morgan fingerprint density at radius 1 is 1.67 bits per heavy atom. The van der Waals surface area contributed by atoms with E-state index in [1.165, 1.54) is 5.57 Å². The van der Waals surface area contributed by atoms with Crippen molar-refractivity contribution in [1.29, 1.82) is 0 Å². The molecule has 0 saturated carbocycles. The molecule has 1 heterocycles. The van der Waals surface area contributed by atoms with Crippen LogP contribution in [0, 0.1) is 5.41 Å². The maximum Gasteiger partial charge on any atom is 0.0626 e. The Morgan fingerprint density at radius 2 is 2.33 bits per heavy atom. The Hall–Kier alpha value is -0.340. The largest absolute Gasteiger partial charge is 0.379 e. The molecule has 1 atom stereocenters. The molecule has 0 bridgehead atoms. The molecule has 2 heteroatoms. The topological polar surface area (TPSA) is 21.3 Å². The van der Waals surface area contributed by atoms with Crippen LogP contribution in [0.5, 0.6) is 0 Å². The highest BCUT2D eigenvalue weighted by Gasteiger charge is 2.34. The van der Waals surface area contributed by atoms with E-state index in [0.29, 0.717) is 6.04 Å². The molecule has 0 aliphatic carbocycles. The summed E-state index contributed by atoms with van der Waals surface area (Å²) in [4.78, 5) is 0. The second kappa shape index (κ2) is 3.58. The fourth-order valence-electron chi connectivity index (χ4n) is 1.40. The molecule has 1 aliphatic rings. The lowest BCUT2D eigenvalue weighted by atomic mass is 9.88. The van der Waals surface area contributed by atoms with Crippen LogP contribution in [0.4, 0.5) is 0 Å². The summed E-state index contributed by atoms with van der Waals surface area (Å²) in [7, 11) is 0. The molecule has 0 radical (unpaired) electrons. The van der Waals surface area contributed by atoms with Gasteiger partial charge in [0.15, 0.2) is 0 Å². The Labute approximate surface area is 75.0 Å². The molecular weight excluding hydrogens is 150 g/mol. The Morgan fingerprint density at radius 3 is 2.75 bits per heavy atom. The zero-order valence-corrected chi connectivity index (χ0v) is 8.31. The van der Waals surface area contributed by atoms with E-state index >= 15 is 0 Å². The monoisotopic (exact) mass is 169 g/mol. The summed E-state index contributed by atoms with van der Waals surface area (Å²) in [6.45, 7) is 13.0. The quantitative estimate of drug-likeness (QED) is 0.648. The predicted octanol–water partition coefficient (Wildman–Crippen LogP) is 1.58. The molecule has 70 valence electrons. The summed E-state index contributed by atoms with van der Waals surface area (Å²) in [6.07, 6.45) is 0. The van der Waals surface area contributed by atoms with Crippen molar-refractivity contribution in [2.75, 3.05) is 19.8 Å². The standard InChI is InChI=1S/C10H19NO/c1-8(2)5-11-9-6-12-7-10(9,3)4/h9,11H,1,5-7H2,2-4H3. The molecule has 1 N–H and O–H groups in total. The van der Waals surface area contributed by atoms with Gasteiger partial charge in [0.05, 0.1) is 13.2 Å². The zero-order valence-electron chi connectivity index (χ0n) is 8.31. The third-order valence-corrected chi connectivity index (χ3v) is 2.35. The normalized spacial score (nSPS) is 27.4. The summed E-state index contributed by atoms with van der Waals surface area (Å²) in [5.41, 5.74) is 1.45. The van der Waals surface area contributed by atoms with Gasteiger partial charge in [-0.25, -0.2) is 0 Å². The van der Waals surface area contributed by atoms with Gasteiger partial charge in [-0.15, -0.1) is 0 Å². The van der Waals surface area contributed by atoms with E-state index in [1.54, 1.807) is 0 Å². The van der Waals surface area contributed by atoms with Gasteiger partial charge in [-0.1, -0.05) is 26.0 Å². The van der Waals surface area contributed by atoms with Gasteiger partial charge in [-0.2, -0.15) is 0 Å². The van der Waals surface area contributed by atoms with Crippen molar-refractivity contribution in [3.63, 3.8) is 0 Å². The fraction of sp³-hybridized carbons (Fsp3) is 0.800. The number of hydrogen-bond acceptors (Lipinski definition) is 2. The third-order valence-electron chi connectivity index (χ3n) is 2.35. The first kappa shape index (κ1) is 9.75. The zero-order chi connectivity index (χ0) is 9.19. The van der Waals surface area contributed by atoms with Crippen molar-refractivity contribution in [3.05, 3.63) is 12.2 Å². The lowest BCUT2D eigenvalue weighted by Gasteiger charge is -2.25. The van der Waals surface area contributed by atoms with Crippen LogP contribution >= 0.6 is 0 Å². The number of nitrogens with one attached hydrogen (secondary N) is 1. The van der Waals surface area contributed by atoms with Gasteiger partial charge in [-0.3, -0.25) is 0 Å². The molecule has 0 aromatic heterocycles. The lowest BCUT2D eigenvalue weighted by Crippen LogP contribution is -2.41. The molecule has 1 aliphatic heterocycles. The summed E-state index contributed by atoms with van der Waals surface area (Å²) >= 11 is 0. The molecule has 1 saturated heterocycles. The van der Waals surface area contributed by atoms with E-state index in [0.717, 1.165) is 19.8 Å². The maximum atomic E-state index is 5.41. The van der Waals surface area contributed by atoms with Gasteiger partial charge in [0.1, 0.15) is 0 Å². The molecule has 1 unspecified atom stereocenters. The van der Waals surface area contributed by atoms with E-state index in [4.69, 9.17) is 4.74 Å². The van der Waals surface area contributed by atoms with E-state index in [9.17, 15) is 0 Å². The molecule has 0 amide bonds. The minimum atomic E-state index is 0.273. The van der Waals surface area contributed by atoms with E-state index in [-0.39, 0.29) is 5.41 Å². The number of hydrogen-bond donors (Lipinski definition) is 1. The van der Waals surface area contributed by atoms with Crippen LogP contribution in [0.1, 0.15) is 20.8 Å². The van der Waals surface area contributed by atoms with Crippen molar-refractivity contribution in [2.45, 2.75) is 26.8 Å². The molecule has 1 fully saturated rings. The van der Waals surface area contributed by atoms with E-state index in [1.807, 2.05) is 6.92 Å². The maximum absolute atomic E-state index is 5.41. The first-order chi connectivity index (χ1) is 5.52. The minimum Gasteiger partial charge on any atom is -0.379 e. The lowest BCUT2D eigenvalue weighted by molar-refractivity contribution is 0.166. The first-order valence-electron chi connectivity index (χ1n) is 4.48. The van der Waals surface area contributed by atoms with E-state index < -0.39 is 0 Å². The minimum absolute atomic E-state index is 0.273. The van der Waals surface area contributed by atoms with Crippen LogP contribution in [-0.2, 0) is 4.74 Å². The molecule has 2 nitrogen and oxygen atoms in total. The smallest absolute Gasteiger partial charge is 0.0626 e. The van der Waals surface area contributed by atoms with Gasteiger partial charge in [0, 0.05) is 18.0 Å². The predicted molar refractivity (Wildman–Crippen MR) is 51.2 cm³/mol. The molecule has 0 aromatic rings. The van der Waals surface area contributed by atoms with Gasteiger partial charge in [-0.05, 0) is 6.92 Å². The summed E-state index contributed by atoms with van der Waals surface area (Å²) in [5, 5.41) is 3.45. The molecular formula is C10H19NO. The van der Waals surface area contributed by atoms with Gasteiger partial charge in [0.2, 0.25) is 0 Å². The first-order valence-corrected chi connectivity index (χ1v) is 4.48. The Bertz CT molecular complexity index is 175. The van der Waals surface area contributed by atoms with Crippen molar-refractivity contribution in [1.82, 2.24) is 5.32 Å². The highest BCUT2D eigenvalue weighted by atomic mass is 16.5. The van der Waals surface area contributed by atoms with Crippen LogP contribution < -0.4 is 5.32 Å². The average Bonchev–Trinajstić information content (AvgIpc) is 2.25. The molecule has 12 heavy (non-hydrogen) atoms. The average molecular weight is 169 g/mol. The van der Waals surface area contributed by atoms with Crippen molar-refractivity contribution >= 4 is 0 Å². The molecule has 0 aromatic carbocycles. The third kappa shape index (κ3) is 2.32. The summed E-state index contributed by atoms with van der Waals surface area (Å²) in [6, 6.07) is 0.481. The second-order valence-electron chi connectivity index (χ2n) is 4.39. The summed E-state index contributed by atoms with van der Waals surface area (Å²) < 4.78 is 5.41. The second-order valence-corrected chi connectivity index (χ2v) is 4.39. The van der Waals surface area contributed by atoms with E-state index in [2.05, 4.69) is 25.7 Å². The van der Waals surface area contributed by atoms with Crippen LogP contribution in [0.3, 0.4) is 0 Å².